The van der Waals surface area contributed by atoms with E-state index >= 15 is 0 Å². The second kappa shape index (κ2) is 2.67. The Labute approximate surface area is 54.9 Å². The number of carbonyl (C=O) groups excluding carboxylic acids is 1. The van der Waals surface area contributed by atoms with Crippen molar-refractivity contribution in [2.45, 2.75) is 25.8 Å². The highest BCUT2D eigenvalue weighted by Gasteiger charge is 2.16. The molecule has 2 nitrogen and oxygen atoms in total. The number of rotatable bonds is 1. The van der Waals surface area contributed by atoms with Crippen LogP contribution in [0.5, 0.6) is 0 Å². The van der Waals surface area contributed by atoms with Crippen molar-refractivity contribution < 1.29 is 4.79 Å². The SMILES string of the molecule is CC=CC1CCC(=O)N1. The van der Waals surface area contributed by atoms with Crippen LogP contribution >= 0.6 is 0 Å². The number of amides is 1. The Morgan fingerprint density at radius 1 is 1.78 bits per heavy atom. The third-order valence-corrected chi connectivity index (χ3v) is 1.45. The fraction of sp³-hybridized carbons (Fsp3) is 0.571. The highest BCUT2D eigenvalue weighted by atomic mass is 16.1. The molecule has 0 aliphatic carbocycles. The van der Waals surface area contributed by atoms with Gasteiger partial charge in [0.25, 0.3) is 0 Å². The van der Waals surface area contributed by atoms with E-state index in [9.17, 15) is 4.79 Å². The second-order valence-corrected chi connectivity index (χ2v) is 2.24. The van der Waals surface area contributed by atoms with Gasteiger partial charge in [-0.2, -0.15) is 0 Å². The van der Waals surface area contributed by atoms with Gasteiger partial charge in [0.05, 0.1) is 0 Å². The molecule has 1 fully saturated rings. The molecular formula is C7H11NO. The van der Waals surface area contributed by atoms with E-state index in [0.29, 0.717) is 12.5 Å². The van der Waals surface area contributed by atoms with Gasteiger partial charge in [0.15, 0.2) is 0 Å². The molecule has 1 amide bonds. The van der Waals surface area contributed by atoms with Gasteiger partial charge in [-0.1, -0.05) is 12.2 Å². The molecule has 0 saturated carbocycles. The van der Waals surface area contributed by atoms with E-state index in [1.165, 1.54) is 0 Å². The Kier molecular flexibility index (Phi) is 1.88. The summed E-state index contributed by atoms with van der Waals surface area (Å²) in [7, 11) is 0. The van der Waals surface area contributed by atoms with Gasteiger partial charge in [-0.3, -0.25) is 4.79 Å². The van der Waals surface area contributed by atoms with Crippen LogP contribution in [0.15, 0.2) is 12.2 Å². The summed E-state index contributed by atoms with van der Waals surface area (Å²) in [6, 6.07) is 0.308. The number of allylic oxidation sites excluding steroid dienone is 1. The van der Waals surface area contributed by atoms with Gasteiger partial charge in [0, 0.05) is 12.5 Å². The van der Waals surface area contributed by atoms with Crippen molar-refractivity contribution in [2.24, 2.45) is 0 Å². The van der Waals surface area contributed by atoms with Crippen molar-refractivity contribution in [3.63, 3.8) is 0 Å². The van der Waals surface area contributed by atoms with Crippen LogP contribution in [-0.4, -0.2) is 11.9 Å². The minimum absolute atomic E-state index is 0.179. The van der Waals surface area contributed by atoms with E-state index in [0.717, 1.165) is 6.42 Å². The molecule has 0 bridgehead atoms. The zero-order valence-electron chi connectivity index (χ0n) is 5.55. The number of nitrogens with one attached hydrogen (secondary N) is 1. The van der Waals surface area contributed by atoms with E-state index in [1.54, 1.807) is 0 Å². The lowest BCUT2D eigenvalue weighted by atomic mass is 10.2. The van der Waals surface area contributed by atoms with Crippen LogP contribution in [0, 0.1) is 0 Å². The van der Waals surface area contributed by atoms with Crippen molar-refractivity contribution in [2.75, 3.05) is 0 Å². The zero-order valence-corrected chi connectivity index (χ0v) is 5.55. The first-order valence-electron chi connectivity index (χ1n) is 3.25. The van der Waals surface area contributed by atoms with Crippen molar-refractivity contribution in [3.8, 4) is 0 Å². The maximum Gasteiger partial charge on any atom is 0.220 e. The molecule has 0 aromatic rings. The largest absolute Gasteiger partial charge is 0.350 e. The van der Waals surface area contributed by atoms with Crippen molar-refractivity contribution in [3.05, 3.63) is 12.2 Å². The molecule has 1 saturated heterocycles. The van der Waals surface area contributed by atoms with Gasteiger partial charge in [0.1, 0.15) is 0 Å². The molecule has 2 heteroatoms. The third-order valence-electron chi connectivity index (χ3n) is 1.45. The maximum atomic E-state index is 10.6. The zero-order chi connectivity index (χ0) is 6.69. The smallest absolute Gasteiger partial charge is 0.220 e. The minimum atomic E-state index is 0.179. The van der Waals surface area contributed by atoms with Gasteiger partial charge in [-0.05, 0) is 13.3 Å². The Hall–Kier alpha value is -0.790. The molecular weight excluding hydrogens is 114 g/mol. The molecule has 1 heterocycles. The predicted octanol–water partition coefficient (Wildman–Crippen LogP) is 0.841. The fourth-order valence-corrected chi connectivity index (χ4v) is 1.01. The molecule has 0 aromatic carbocycles. The number of hydrogen-bond donors (Lipinski definition) is 1. The summed E-state index contributed by atoms with van der Waals surface area (Å²) < 4.78 is 0. The van der Waals surface area contributed by atoms with Crippen molar-refractivity contribution in [1.82, 2.24) is 5.32 Å². The Bertz CT molecular complexity index is 140. The Balaban J connectivity index is 2.39. The lowest BCUT2D eigenvalue weighted by molar-refractivity contribution is -0.119. The highest BCUT2D eigenvalue weighted by Crippen LogP contribution is 2.06. The second-order valence-electron chi connectivity index (χ2n) is 2.24. The van der Waals surface area contributed by atoms with Crippen LogP contribution in [0.2, 0.25) is 0 Å². The van der Waals surface area contributed by atoms with Crippen LogP contribution in [-0.2, 0) is 4.79 Å². The quantitative estimate of drug-likeness (QED) is 0.517. The van der Waals surface area contributed by atoms with Crippen LogP contribution < -0.4 is 5.32 Å². The normalized spacial score (nSPS) is 27.2. The highest BCUT2D eigenvalue weighted by molar-refractivity contribution is 5.78. The van der Waals surface area contributed by atoms with Crippen LogP contribution in [0.4, 0.5) is 0 Å². The molecule has 1 aliphatic heterocycles. The van der Waals surface area contributed by atoms with Gasteiger partial charge < -0.3 is 5.32 Å². The summed E-state index contributed by atoms with van der Waals surface area (Å²) in [4.78, 5) is 10.6. The first-order chi connectivity index (χ1) is 4.33. The first kappa shape index (κ1) is 6.33. The summed E-state index contributed by atoms with van der Waals surface area (Å²) in [5, 5.41) is 2.83. The van der Waals surface area contributed by atoms with E-state index in [-0.39, 0.29) is 5.91 Å². The molecule has 1 N–H and O–H groups in total. The van der Waals surface area contributed by atoms with Crippen LogP contribution in [0.3, 0.4) is 0 Å². The molecule has 1 unspecified atom stereocenters. The summed E-state index contributed by atoms with van der Waals surface area (Å²) in [6.45, 7) is 1.96. The Morgan fingerprint density at radius 2 is 2.56 bits per heavy atom. The molecule has 1 aliphatic rings. The molecule has 0 spiro atoms. The maximum absolute atomic E-state index is 10.6. The van der Waals surface area contributed by atoms with Crippen LogP contribution in [0.25, 0.3) is 0 Å². The summed E-state index contributed by atoms with van der Waals surface area (Å²) >= 11 is 0. The van der Waals surface area contributed by atoms with Gasteiger partial charge >= 0.3 is 0 Å². The monoisotopic (exact) mass is 125 g/mol. The first-order valence-corrected chi connectivity index (χ1v) is 3.25. The lowest BCUT2D eigenvalue weighted by Gasteiger charge is -1.99. The third kappa shape index (κ3) is 1.56. The molecule has 1 rings (SSSR count). The Morgan fingerprint density at radius 3 is 3.00 bits per heavy atom. The standard InChI is InChI=1S/C7H11NO/c1-2-3-6-4-5-7(9)8-6/h2-3,6H,4-5H2,1H3,(H,8,9). The minimum Gasteiger partial charge on any atom is -0.350 e. The topological polar surface area (TPSA) is 29.1 Å². The fourth-order valence-electron chi connectivity index (χ4n) is 1.01. The summed E-state index contributed by atoms with van der Waals surface area (Å²) in [5.74, 6) is 0.179. The molecule has 0 radical (unpaired) electrons. The average molecular weight is 125 g/mol. The van der Waals surface area contributed by atoms with Gasteiger partial charge in [-0.15, -0.1) is 0 Å². The van der Waals surface area contributed by atoms with E-state index < -0.39 is 0 Å². The molecule has 9 heavy (non-hydrogen) atoms. The number of carbonyl (C=O) groups is 1. The van der Waals surface area contributed by atoms with E-state index in [4.69, 9.17) is 0 Å². The average Bonchev–Trinajstić information content (AvgIpc) is 2.17. The van der Waals surface area contributed by atoms with Gasteiger partial charge in [0.2, 0.25) is 5.91 Å². The van der Waals surface area contributed by atoms with Crippen molar-refractivity contribution >= 4 is 5.91 Å². The molecule has 50 valence electrons. The van der Waals surface area contributed by atoms with Crippen molar-refractivity contribution in [1.29, 1.82) is 0 Å². The van der Waals surface area contributed by atoms with E-state index in [1.807, 2.05) is 19.1 Å². The summed E-state index contributed by atoms with van der Waals surface area (Å²) in [5.41, 5.74) is 0. The lowest BCUT2D eigenvalue weighted by Crippen LogP contribution is -2.22. The van der Waals surface area contributed by atoms with E-state index in [2.05, 4.69) is 5.32 Å². The predicted molar refractivity (Wildman–Crippen MR) is 36.0 cm³/mol. The van der Waals surface area contributed by atoms with Crippen LogP contribution in [0.1, 0.15) is 19.8 Å². The number of hydrogen-bond acceptors (Lipinski definition) is 1. The van der Waals surface area contributed by atoms with Gasteiger partial charge in [-0.25, -0.2) is 0 Å². The molecule has 0 aromatic heterocycles. The summed E-state index contributed by atoms with van der Waals surface area (Å²) in [6.07, 6.45) is 5.64. The molecule has 1 atom stereocenters.